The smallest absolute Gasteiger partial charge is 0.261 e. The molecular weight excluding hydrogens is 300 g/mol. The van der Waals surface area contributed by atoms with E-state index in [0.717, 1.165) is 5.56 Å². The molecule has 0 bridgehead atoms. The van der Waals surface area contributed by atoms with Gasteiger partial charge in [0, 0.05) is 11.8 Å². The summed E-state index contributed by atoms with van der Waals surface area (Å²) in [5.41, 5.74) is 1.44. The van der Waals surface area contributed by atoms with Crippen molar-refractivity contribution >= 4 is 0 Å². The van der Waals surface area contributed by atoms with Crippen LogP contribution in [0.1, 0.15) is 0 Å². The molecule has 1 N–H and O–H groups in total. The molecule has 2 heterocycles. The lowest BCUT2D eigenvalue weighted by molar-refractivity contribution is 0.269. The Labute approximate surface area is 132 Å². The molecular formula is C15H16N4O4. The number of hydrogen-bond donors (Lipinski definition) is 1. The highest BCUT2D eigenvalue weighted by Gasteiger charge is 2.14. The average Bonchev–Trinajstić information content (AvgIpc) is 3.23. The molecule has 1 aromatic carbocycles. The minimum Gasteiger partial charge on any atom is -0.493 e. The zero-order valence-corrected chi connectivity index (χ0v) is 12.8. The van der Waals surface area contributed by atoms with Crippen LogP contribution in [0.3, 0.4) is 0 Å². The summed E-state index contributed by atoms with van der Waals surface area (Å²) < 4.78 is 17.4. The van der Waals surface area contributed by atoms with E-state index >= 15 is 0 Å². The summed E-state index contributed by atoms with van der Waals surface area (Å²) in [5.74, 6) is 2.02. The molecule has 3 rings (SSSR count). The Bertz CT molecular complexity index is 796. The molecule has 0 fully saturated rings. The second-order valence-corrected chi connectivity index (χ2v) is 4.71. The van der Waals surface area contributed by atoms with Crippen LogP contribution in [0.5, 0.6) is 11.5 Å². The molecule has 0 spiro atoms. The number of ether oxygens (including phenoxy) is 2. The van der Waals surface area contributed by atoms with Crippen molar-refractivity contribution in [2.24, 2.45) is 0 Å². The summed E-state index contributed by atoms with van der Waals surface area (Å²) in [6, 6.07) is 5.39. The van der Waals surface area contributed by atoms with Gasteiger partial charge in [0.05, 0.1) is 39.1 Å². The Balaban J connectivity index is 1.89. The first-order valence-corrected chi connectivity index (χ1v) is 6.95. The Morgan fingerprint density at radius 1 is 1.17 bits per heavy atom. The Morgan fingerprint density at radius 3 is 2.74 bits per heavy atom. The molecule has 8 heteroatoms. The molecule has 0 aliphatic carbocycles. The molecule has 8 nitrogen and oxygen atoms in total. The van der Waals surface area contributed by atoms with Gasteiger partial charge in [-0.05, 0) is 18.2 Å². The normalized spacial score (nSPS) is 10.7. The molecule has 0 saturated carbocycles. The van der Waals surface area contributed by atoms with Gasteiger partial charge in [-0.1, -0.05) is 5.16 Å². The fourth-order valence-corrected chi connectivity index (χ4v) is 2.13. The number of hydrogen-bond acceptors (Lipinski definition) is 7. The summed E-state index contributed by atoms with van der Waals surface area (Å²) in [7, 11) is 3.15. The fraction of sp³-hybridized carbons (Fsp3) is 0.267. The van der Waals surface area contributed by atoms with Crippen molar-refractivity contribution in [1.82, 2.24) is 19.9 Å². The third-order valence-electron chi connectivity index (χ3n) is 3.28. The summed E-state index contributed by atoms with van der Waals surface area (Å²) in [6.07, 6.45) is 3.35. The van der Waals surface area contributed by atoms with Crippen LogP contribution in [0, 0.1) is 0 Å². The highest BCUT2D eigenvalue weighted by molar-refractivity contribution is 5.63. The number of benzene rings is 1. The first-order chi connectivity index (χ1) is 11.2. The second kappa shape index (κ2) is 6.49. The van der Waals surface area contributed by atoms with Crippen molar-refractivity contribution in [2.75, 3.05) is 20.8 Å². The van der Waals surface area contributed by atoms with Gasteiger partial charge in [0.1, 0.15) is 0 Å². The van der Waals surface area contributed by atoms with E-state index in [1.54, 1.807) is 43.4 Å². The van der Waals surface area contributed by atoms with E-state index in [1.165, 1.54) is 0 Å². The van der Waals surface area contributed by atoms with E-state index in [9.17, 15) is 0 Å². The average molecular weight is 316 g/mol. The van der Waals surface area contributed by atoms with Crippen LogP contribution in [0.2, 0.25) is 0 Å². The number of aromatic nitrogens is 4. The molecule has 0 atom stereocenters. The number of nitrogens with zero attached hydrogens (tertiary/aromatic N) is 4. The zero-order chi connectivity index (χ0) is 16.2. The lowest BCUT2D eigenvalue weighted by atomic mass is 10.2. The lowest BCUT2D eigenvalue weighted by Gasteiger charge is -2.07. The molecule has 0 unspecified atom stereocenters. The van der Waals surface area contributed by atoms with Crippen molar-refractivity contribution in [2.45, 2.75) is 6.54 Å². The van der Waals surface area contributed by atoms with Gasteiger partial charge in [0.15, 0.2) is 11.5 Å². The molecule has 2 aromatic heterocycles. The standard InChI is InChI=1S/C15H16N4O4/c1-21-12-4-3-10(7-13(12)22-2)14-17-15(23-18-14)11-8-16-19(9-11)5-6-20/h3-4,7-9,20H,5-6H2,1-2H3. The number of aliphatic hydroxyl groups is 1. The van der Waals surface area contributed by atoms with Crippen molar-refractivity contribution < 1.29 is 19.1 Å². The summed E-state index contributed by atoms with van der Waals surface area (Å²) in [5, 5.41) is 17.0. The molecule has 23 heavy (non-hydrogen) atoms. The van der Waals surface area contributed by atoms with Crippen molar-refractivity contribution in [3.63, 3.8) is 0 Å². The SMILES string of the molecule is COc1ccc(-c2noc(-c3cnn(CCO)c3)n2)cc1OC. The zero-order valence-electron chi connectivity index (χ0n) is 12.8. The van der Waals surface area contributed by atoms with Crippen LogP contribution in [0.4, 0.5) is 0 Å². The minimum absolute atomic E-state index is 0.0157. The van der Waals surface area contributed by atoms with Gasteiger partial charge in [-0.3, -0.25) is 4.68 Å². The van der Waals surface area contributed by atoms with E-state index in [2.05, 4.69) is 15.2 Å². The van der Waals surface area contributed by atoms with Crippen LogP contribution in [0.15, 0.2) is 35.1 Å². The van der Waals surface area contributed by atoms with Gasteiger partial charge in [0.25, 0.3) is 5.89 Å². The Kier molecular flexibility index (Phi) is 4.24. The topological polar surface area (TPSA) is 95.4 Å². The van der Waals surface area contributed by atoms with Crippen LogP contribution < -0.4 is 9.47 Å². The lowest BCUT2D eigenvalue weighted by Crippen LogP contribution is -2.01. The third kappa shape index (κ3) is 3.02. The first kappa shape index (κ1) is 15.0. The van der Waals surface area contributed by atoms with Crippen molar-refractivity contribution in [1.29, 1.82) is 0 Å². The molecule has 0 aliphatic heterocycles. The summed E-state index contributed by atoms with van der Waals surface area (Å²) in [4.78, 5) is 4.37. The molecule has 0 saturated heterocycles. The summed E-state index contributed by atoms with van der Waals surface area (Å²) in [6.45, 7) is 0.429. The fourth-order valence-electron chi connectivity index (χ4n) is 2.13. The van der Waals surface area contributed by atoms with Gasteiger partial charge in [-0.25, -0.2) is 0 Å². The van der Waals surface area contributed by atoms with Gasteiger partial charge in [-0.15, -0.1) is 0 Å². The van der Waals surface area contributed by atoms with Crippen molar-refractivity contribution in [3.05, 3.63) is 30.6 Å². The maximum absolute atomic E-state index is 8.91. The van der Waals surface area contributed by atoms with Crippen molar-refractivity contribution in [3.8, 4) is 34.3 Å². The van der Waals surface area contributed by atoms with E-state index in [1.807, 2.05) is 6.07 Å². The van der Waals surface area contributed by atoms with E-state index in [-0.39, 0.29) is 6.61 Å². The maximum Gasteiger partial charge on any atom is 0.261 e. The highest BCUT2D eigenvalue weighted by Crippen LogP contribution is 2.31. The van der Waals surface area contributed by atoms with Gasteiger partial charge < -0.3 is 19.1 Å². The molecule has 3 aromatic rings. The monoisotopic (exact) mass is 316 g/mol. The Hall–Kier alpha value is -2.87. The molecule has 0 radical (unpaired) electrons. The van der Waals surface area contributed by atoms with Gasteiger partial charge in [-0.2, -0.15) is 10.1 Å². The number of methoxy groups -OCH3 is 2. The van der Waals surface area contributed by atoms with Crippen LogP contribution in [-0.4, -0.2) is 45.9 Å². The maximum atomic E-state index is 8.91. The van der Waals surface area contributed by atoms with Crippen LogP contribution in [0.25, 0.3) is 22.8 Å². The van der Waals surface area contributed by atoms with E-state index in [0.29, 0.717) is 35.3 Å². The predicted molar refractivity (Wildman–Crippen MR) is 81.1 cm³/mol. The quantitative estimate of drug-likeness (QED) is 0.738. The molecule has 0 aliphatic rings. The predicted octanol–water partition coefficient (Wildman–Crippen LogP) is 1.61. The highest BCUT2D eigenvalue weighted by atomic mass is 16.5. The van der Waals surface area contributed by atoms with Gasteiger partial charge >= 0.3 is 0 Å². The van der Waals surface area contributed by atoms with Crippen LogP contribution in [-0.2, 0) is 6.54 Å². The first-order valence-electron chi connectivity index (χ1n) is 6.95. The summed E-state index contributed by atoms with van der Waals surface area (Å²) >= 11 is 0. The molecule has 0 amide bonds. The van der Waals surface area contributed by atoms with E-state index in [4.69, 9.17) is 19.1 Å². The molecule has 120 valence electrons. The largest absolute Gasteiger partial charge is 0.493 e. The van der Waals surface area contributed by atoms with Gasteiger partial charge in [0.2, 0.25) is 5.82 Å². The Morgan fingerprint density at radius 2 is 2.00 bits per heavy atom. The minimum atomic E-state index is 0.0157. The van der Waals surface area contributed by atoms with E-state index < -0.39 is 0 Å². The van der Waals surface area contributed by atoms with Crippen LogP contribution >= 0.6 is 0 Å². The third-order valence-corrected chi connectivity index (χ3v) is 3.28. The second-order valence-electron chi connectivity index (χ2n) is 4.71. The number of aliphatic hydroxyl groups excluding tert-OH is 1. The number of rotatable bonds is 6.